The molecule has 0 bridgehead atoms. The van der Waals surface area contributed by atoms with Crippen molar-refractivity contribution in [3.8, 4) is 33.6 Å². The number of rotatable bonds is 5. The number of hydrogen-bond donors (Lipinski definition) is 3. The molecule has 38 heavy (non-hydrogen) atoms. The van der Waals surface area contributed by atoms with Crippen molar-refractivity contribution in [2.45, 2.75) is 19.8 Å². The van der Waals surface area contributed by atoms with Gasteiger partial charge in [0, 0.05) is 34.0 Å². The predicted molar refractivity (Wildman–Crippen MR) is 148 cm³/mol. The minimum atomic E-state index is -0.246. The van der Waals surface area contributed by atoms with Gasteiger partial charge >= 0.3 is 0 Å². The number of hydrogen-bond acceptors (Lipinski definition) is 3. The molecule has 3 aromatic heterocycles. The Balaban J connectivity index is 1.29. The van der Waals surface area contributed by atoms with Crippen molar-refractivity contribution in [2.75, 3.05) is 5.32 Å². The van der Waals surface area contributed by atoms with Crippen LogP contribution in [-0.2, 0) is 4.79 Å². The normalized spacial score (nSPS) is 13.3. The molecular weight excluding hydrogens is 477 g/mol. The van der Waals surface area contributed by atoms with E-state index in [2.05, 4.69) is 37.6 Å². The van der Waals surface area contributed by atoms with E-state index in [1.165, 1.54) is 6.07 Å². The Labute approximate surface area is 217 Å². The number of H-pyrrole nitrogens is 2. The summed E-state index contributed by atoms with van der Waals surface area (Å²) in [6.45, 7) is 1.90. The van der Waals surface area contributed by atoms with Gasteiger partial charge in [0.25, 0.3) is 0 Å². The highest BCUT2D eigenvalue weighted by Crippen LogP contribution is 2.36. The van der Waals surface area contributed by atoms with E-state index in [9.17, 15) is 9.18 Å². The molecule has 0 atom stereocenters. The standard InChI is InChI=1S/C31H24FN5O/c1-17-9-20(11-22(32)10-17)24-3-2-4-27-25(24)14-29(35-27)30-26-13-19(7-8-28(26)36-37-30)21-12-23(16-33-15-21)34-31(38)18-5-6-18/h2-4,7-16,18,35H,5-6H2,1H3,(H,34,38)(H,36,37). The van der Waals surface area contributed by atoms with E-state index >= 15 is 0 Å². The Bertz CT molecular complexity index is 1840. The van der Waals surface area contributed by atoms with Crippen molar-refractivity contribution in [3.05, 3.63) is 90.5 Å². The number of pyridine rings is 1. The maximum Gasteiger partial charge on any atom is 0.227 e. The largest absolute Gasteiger partial charge is 0.353 e. The van der Waals surface area contributed by atoms with E-state index in [0.717, 1.165) is 73.9 Å². The molecule has 1 fully saturated rings. The van der Waals surface area contributed by atoms with Gasteiger partial charge in [0.1, 0.15) is 11.5 Å². The van der Waals surface area contributed by atoms with Gasteiger partial charge in [0.2, 0.25) is 5.91 Å². The van der Waals surface area contributed by atoms with E-state index in [4.69, 9.17) is 0 Å². The Morgan fingerprint density at radius 2 is 1.82 bits per heavy atom. The minimum Gasteiger partial charge on any atom is -0.353 e. The highest BCUT2D eigenvalue weighted by molar-refractivity contribution is 6.02. The summed E-state index contributed by atoms with van der Waals surface area (Å²) in [5, 5.41) is 12.7. The van der Waals surface area contributed by atoms with Crippen LogP contribution in [0.2, 0.25) is 0 Å². The summed E-state index contributed by atoms with van der Waals surface area (Å²) in [5.41, 5.74) is 8.79. The fraction of sp³-hybridized carbons (Fsp3) is 0.129. The van der Waals surface area contributed by atoms with E-state index in [1.54, 1.807) is 18.5 Å². The Hall–Kier alpha value is -4.78. The lowest BCUT2D eigenvalue weighted by Gasteiger charge is -2.07. The molecule has 0 spiro atoms. The molecule has 0 unspecified atom stereocenters. The molecule has 6 aromatic rings. The quantitative estimate of drug-likeness (QED) is 0.233. The van der Waals surface area contributed by atoms with Crippen LogP contribution < -0.4 is 5.32 Å². The first-order valence-electron chi connectivity index (χ1n) is 12.7. The zero-order valence-corrected chi connectivity index (χ0v) is 20.7. The van der Waals surface area contributed by atoms with Crippen LogP contribution in [0.5, 0.6) is 0 Å². The monoisotopic (exact) mass is 501 g/mol. The van der Waals surface area contributed by atoms with Crippen LogP contribution in [0.3, 0.4) is 0 Å². The molecule has 3 N–H and O–H groups in total. The second-order valence-corrected chi connectivity index (χ2v) is 10.0. The van der Waals surface area contributed by atoms with E-state index in [1.807, 2.05) is 49.4 Å². The van der Waals surface area contributed by atoms with Crippen LogP contribution in [0, 0.1) is 18.7 Å². The molecule has 1 aliphatic rings. The van der Waals surface area contributed by atoms with Gasteiger partial charge < -0.3 is 10.3 Å². The van der Waals surface area contributed by atoms with Gasteiger partial charge in [-0.15, -0.1) is 0 Å². The summed E-state index contributed by atoms with van der Waals surface area (Å²) in [7, 11) is 0. The van der Waals surface area contributed by atoms with Crippen LogP contribution in [0.15, 0.2) is 79.1 Å². The maximum atomic E-state index is 14.2. The number of carbonyl (C=O) groups excluding carboxylic acids is 1. The van der Waals surface area contributed by atoms with Crippen molar-refractivity contribution in [3.63, 3.8) is 0 Å². The molecule has 1 saturated carbocycles. The molecule has 3 aromatic carbocycles. The average molecular weight is 502 g/mol. The average Bonchev–Trinajstić information content (AvgIpc) is 3.54. The van der Waals surface area contributed by atoms with Gasteiger partial charge in [0.05, 0.1) is 23.1 Å². The maximum absolute atomic E-state index is 14.2. The lowest BCUT2D eigenvalue weighted by atomic mass is 9.99. The molecule has 7 rings (SSSR count). The predicted octanol–water partition coefficient (Wildman–Crippen LogP) is 7.24. The lowest BCUT2D eigenvalue weighted by Crippen LogP contribution is -2.13. The zero-order chi connectivity index (χ0) is 25.8. The number of aromatic amines is 2. The van der Waals surface area contributed by atoms with E-state index in [0.29, 0.717) is 5.69 Å². The van der Waals surface area contributed by atoms with Gasteiger partial charge in [0.15, 0.2) is 0 Å². The third kappa shape index (κ3) is 4.02. The number of nitrogens with zero attached hydrogens (tertiary/aromatic N) is 2. The number of fused-ring (bicyclic) bond motifs is 2. The van der Waals surface area contributed by atoms with Crippen molar-refractivity contribution < 1.29 is 9.18 Å². The van der Waals surface area contributed by atoms with Crippen LogP contribution in [-0.4, -0.2) is 26.1 Å². The molecule has 6 nitrogen and oxygen atoms in total. The zero-order valence-electron chi connectivity index (χ0n) is 20.7. The van der Waals surface area contributed by atoms with Gasteiger partial charge in [-0.05, 0) is 84.5 Å². The first-order chi connectivity index (χ1) is 18.5. The van der Waals surface area contributed by atoms with Crippen molar-refractivity contribution in [1.29, 1.82) is 0 Å². The summed E-state index contributed by atoms with van der Waals surface area (Å²) in [6.07, 6.45) is 5.38. The summed E-state index contributed by atoms with van der Waals surface area (Å²) >= 11 is 0. The smallest absolute Gasteiger partial charge is 0.227 e. The third-order valence-corrected chi connectivity index (χ3v) is 7.12. The number of aromatic nitrogens is 4. The van der Waals surface area contributed by atoms with Crippen LogP contribution in [0.1, 0.15) is 18.4 Å². The molecule has 0 saturated heterocycles. The summed E-state index contributed by atoms with van der Waals surface area (Å²) in [5.74, 6) is -0.0578. The van der Waals surface area contributed by atoms with Crippen molar-refractivity contribution in [1.82, 2.24) is 20.2 Å². The molecule has 0 aliphatic heterocycles. The number of halogens is 1. The molecule has 0 radical (unpaired) electrons. The number of nitrogens with one attached hydrogen (secondary N) is 3. The molecule has 3 heterocycles. The van der Waals surface area contributed by atoms with Crippen molar-refractivity contribution >= 4 is 33.4 Å². The van der Waals surface area contributed by atoms with Gasteiger partial charge in [-0.1, -0.05) is 24.3 Å². The first kappa shape index (κ1) is 22.4. The number of anilines is 1. The minimum absolute atomic E-state index is 0.0584. The summed E-state index contributed by atoms with van der Waals surface area (Å²) in [4.78, 5) is 20.1. The number of amides is 1. The lowest BCUT2D eigenvalue weighted by molar-refractivity contribution is -0.117. The Morgan fingerprint density at radius 3 is 2.66 bits per heavy atom. The fourth-order valence-electron chi connectivity index (χ4n) is 5.08. The molecule has 1 amide bonds. The second-order valence-electron chi connectivity index (χ2n) is 10.0. The summed E-state index contributed by atoms with van der Waals surface area (Å²) in [6, 6.07) is 21.2. The van der Waals surface area contributed by atoms with Crippen LogP contribution >= 0.6 is 0 Å². The van der Waals surface area contributed by atoms with Gasteiger partial charge in [-0.2, -0.15) is 5.10 Å². The third-order valence-electron chi connectivity index (χ3n) is 7.12. The second kappa shape index (κ2) is 8.66. The molecule has 186 valence electrons. The highest BCUT2D eigenvalue weighted by Gasteiger charge is 2.29. The number of benzene rings is 3. The van der Waals surface area contributed by atoms with E-state index in [-0.39, 0.29) is 17.6 Å². The molecule has 1 aliphatic carbocycles. The van der Waals surface area contributed by atoms with Crippen LogP contribution in [0.4, 0.5) is 10.1 Å². The SMILES string of the molecule is Cc1cc(F)cc(-c2cccc3[nH]c(-c4n[nH]c5ccc(-c6cncc(NC(=O)C7CC7)c6)cc45)cc23)c1. The number of aryl methyl sites for hydroxylation is 1. The Morgan fingerprint density at radius 1 is 0.921 bits per heavy atom. The summed E-state index contributed by atoms with van der Waals surface area (Å²) < 4.78 is 14.2. The first-order valence-corrected chi connectivity index (χ1v) is 12.7. The van der Waals surface area contributed by atoms with Gasteiger partial charge in [-0.3, -0.25) is 14.9 Å². The topological polar surface area (TPSA) is 86.5 Å². The highest BCUT2D eigenvalue weighted by atomic mass is 19.1. The number of carbonyl (C=O) groups is 1. The molecular formula is C31H24FN5O. The van der Waals surface area contributed by atoms with E-state index < -0.39 is 0 Å². The fourth-order valence-corrected chi connectivity index (χ4v) is 5.08. The van der Waals surface area contributed by atoms with Crippen molar-refractivity contribution in [2.24, 2.45) is 5.92 Å². The Kier molecular flexibility index (Phi) is 5.11. The molecule has 7 heteroatoms. The van der Waals surface area contributed by atoms with Crippen LogP contribution in [0.25, 0.3) is 55.4 Å². The van der Waals surface area contributed by atoms with Gasteiger partial charge in [-0.25, -0.2) is 4.39 Å².